The molecule has 0 aliphatic heterocycles. The van der Waals surface area contributed by atoms with Gasteiger partial charge in [0, 0.05) is 12.3 Å². The third-order valence-corrected chi connectivity index (χ3v) is 5.04. The van der Waals surface area contributed by atoms with E-state index in [1.807, 2.05) is 0 Å². The van der Waals surface area contributed by atoms with Gasteiger partial charge in [0.25, 0.3) is 0 Å². The molecular weight excluding hydrogens is 288 g/mol. The van der Waals surface area contributed by atoms with E-state index in [1.165, 1.54) is 6.07 Å². The molecule has 0 unspecified atom stereocenters. The lowest BCUT2D eigenvalue weighted by molar-refractivity contribution is 0.239. The SMILES string of the molecule is CC1CCC(NC(=O)Nc2ccccc2S(C)(=O)=O)CC1. The van der Waals surface area contributed by atoms with Crippen LogP contribution in [0.3, 0.4) is 0 Å². The van der Waals surface area contributed by atoms with E-state index in [-0.39, 0.29) is 17.0 Å². The Hall–Kier alpha value is -1.56. The number of carbonyl (C=O) groups excluding carboxylic acids is 1. The molecule has 116 valence electrons. The topological polar surface area (TPSA) is 75.3 Å². The van der Waals surface area contributed by atoms with Gasteiger partial charge in [-0.25, -0.2) is 13.2 Å². The molecule has 0 saturated heterocycles. The molecule has 0 heterocycles. The number of hydrogen-bond donors (Lipinski definition) is 2. The summed E-state index contributed by atoms with van der Waals surface area (Å²) in [6.45, 7) is 2.22. The molecule has 0 aromatic heterocycles. The molecule has 1 aliphatic carbocycles. The van der Waals surface area contributed by atoms with Crippen molar-refractivity contribution in [1.29, 1.82) is 0 Å². The van der Waals surface area contributed by atoms with Crippen LogP contribution in [-0.4, -0.2) is 26.7 Å². The van der Waals surface area contributed by atoms with Crippen molar-refractivity contribution in [2.24, 2.45) is 5.92 Å². The van der Waals surface area contributed by atoms with Crippen molar-refractivity contribution in [1.82, 2.24) is 5.32 Å². The third-order valence-electron chi connectivity index (χ3n) is 3.89. The predicted octanol–water partition coefficient (Wildman–Crippen LogP) is 2.79. The van der Waals surface area contributed by atoms with Gasteiger partial charge >= 0.3 is 6.03 Å². The van der Waals surface area contributed by atoms with Crippen LogP contribution in [0, 0.1) is 5.92 Å². The van der Waals surface area contributed by atoms with Crippen molar-refractivity contribution in [3.63, 3.8) is 0 Å². The zero-order valence-corrected chi connectivity index (χ0v) is 13.2. The maximum Gasteiger partial charge on any atom is 0.319 e. The molecule has 1 saturated carbocycles. The second-order valence-electron chi connectivity index (χ2n) is 5.82. The fourth-order valence-corrected chi connectivity index (χ4v) is 3.49. The van der Waals surface area contributed by atoms with Crippen molar-refractivity contribution >= 4 is 21.6 Å². The number of rotatable bonds is 3. The summed E-state index contributed by atoms with van der Waals surface area (Å²) < 4.78 is 23.4. The Bertz CT molecular complexity index is 605. The summed E-state index contributed by atoms with van der Waals surface area (Å²) >= 11 is 0. The Morgan fingerprint density at radius 2 is 1.76 bits per heavy atom. The van der Waals surface area contributed by atoms with Crippen molar-refractivity contribution in [2.75, 3.05) is 11.6 Å². The zero-order chi connectivity index (χ0) is 15.5. The highest BCUT2D eigenvalue weighted by molar-refractivity contribution is 7.90. The number of para-hydroxylation sites is 1. The number of urea groups is 1. The van der Waals surface area contributed by atoms with Crippen LogP contribution in [-0.2, 0) is 9.84 Å². The summed E-state index contributed by atoms with van der Waals surface area (Å²) in [5.41, 5.74) is 0.321. The second kappa shape index (κ2) is 6.47. The van der Waals surface area contributed by atoms with E-state index in [9.17, 15) is 13.2 Å². The lowest BCUT2D eigenvalue weighted by Crippen LogP contribution is -2.40. The summed E-state index contributed by atoms with van der Waals surface area (Å²) in [5.74, 6) is 0.720. The van der Waals surface area contributed by atoms with Crippen molar-refractivity contribution in [2.45, 2.75) is 43.5 Å². The minimum Gasteiger partial charge on any atom is -0.335 e. The lowest BCUT2D eigenvalue weighted by Gasteiger charge is -2.27. The van der Waals surface area contributed by atoms with Crippen molar-refractivity contribution < 1.29 is 13.2 Å². The molecule has 21 heavy (non-hydrogen) atoms. The van der Waals surface area contributed by atoms with E-state index in [4.69, 9.17) is 0 Å². The van der Waals surface area contributed by atoms with Gasteiger partial charge in [0.1, 0.15) is 0 Å². The number of nitrogens with one attached hydrogen (secondary N) is 2. The van der Waals surface area contributed by atoms with Crippen LogP contribution in [0.15, 0.2) is 29.2 Å². The van der Waals surface area contributed by atoms with E-state index in [2.05, 4.69) is 17.6 Å². The summed E-state index contributed by atoms with van der Waals surface area (Å²) in [4.78, 5) is 12.2. The Morgan fingerprint density at radius 1 is 1.14 bits per heavy atom. The summed E-state index contributed by atoms with van der Waals surface area (Å²) in [5, 5.41) is 5.57. The largest absolute Gasteiger partial charge is 0.335 e. The average Bonchev–Trinajstić information content (AvgIpc) is 2.41. The van der Waals surface area contributed by atoms with Gasteiger partial charge in [0.2, 0.25) is 0 Å². The van der Waals surface area contributed by atoms with Crippen LogP contribution in [0.4, 0.5) is 10.5 Å². The molecule has 2 N–H and O–H groups in total. The number of carbonyl (C=O) groups is 1. The second-order valence-corrected chi connectivity index (χ2v) is 7.81. The summed E-state index contributed by atoms with van der Waals surface area (Å²) in [6.07, 6.45) is 5.31. The van der Waals surface area contributed by atoms with E-state index in [1.54, 1.807) is 18.2 Å². The molecule has 5 nitrogen and oxygen atoms in total. The molecule has 1 fully saturated rings. The van der Waals surface area contributed by atoms with Crippen molar-refractivity contribution in [3.05, 3.63) is 24.3 Å². The minimum absolute atomic E-state index is 0.136. The Kier molecular flexibility index (Phi) is 4.88. The molecule has 6 heteroatoms. The summed E-state index contributed by atoms with van der Waals surface area (Å²) in [7, 11) is -3.36. The van der Waals surface area contributed by atoms with Gasteiger partial charge in [0.05, 0.1) is 10.6 Å². The molecule has 1 aromatic rings. The first-order valence-electron chi connectivity index (χ1n) is 7.23. The van der Waals surface area contributed by atoms with Gasteiger partial charge < -0.3 is 10.6 Å². The first-order chi connectivity index (χ1) is 9.86. The average molecular weight is 310 g/mol. The normalized spacial score (nSPS) is 22.6. The maximum atomic E-state index is 12.0. The van der Waals surface area contributed by atoms with Crippen molar-refractivity contribution in [3.8, 4) is 0 Å². The minimum atomic E-state index is -3.36. The smallest absolute Gasteiger partial charge is 0.319 e. The van der Waals surface area contributed by atoms with Crippen LogP contribution in [0.5, 0.6) is 0 Å². The standard InChI is InChI=1S/C15H22N2O3S/c1-11-7-9-12(10-8-11)16-15(18)17-13-5-3-4-6-14(13)21(2,19)20/h3-6,11-12H,7-10H2,1-2H3,(H2,16,17,18). The summed E-state index contributed by atoms with van der Waals surface area (Å²) in [6, 6.07) is 6.26. The van der Waals surface area contributed by atoms with Crippen LogP contribution in [0.1, 0.15) is 32.6 Å². The Labute approximate surface area is 126 Å². The Morgan fingerprint density at radius 3 is 2.38 bits per heavy atom. The quantitative estimate of drug-likeness (QED) is 0.901. The Balaban J connectivity index is 2.00. The van der Waals surface area contributed by atoms with Gasteiger partial charge in [-0.05, 0) is 43.7 Å². The van der Waals surface area contributed by atoms with Gasteiger partial charge in [0.15, 0.2) is 9.84 Å². The van der Waals surface area contributed by atoms with Gasteiger partial charge in [-0.3, -0.25) is 0 Å². The predicted molar refractivity (Wildman–Crippen MR) is 83.1 cm³/mol. The molecule has 2 amide bonds. The number of hydrogen-bond acceptors (Lipinski definition) is 3. The van der Waals surface area contributed by atoms with E-state index >= 15 is 0 Å². The van der Waals surface area contributed by atoms with Crippen LogP contribution >= 0.6 is 0 Å². The fraction of sp³-hybridized carbons (Fsp3) is 0.533. The molecule has 0 radical (unpaired) electrons. The monoisotopic (exact) mass is 310 g/mol. The van der Waals surface area contributed by atoms with Crippen LogP contribution in [0.2, 0.25) is 0 Å². The van der Waals surface area contributed by atoms with E-state index in [0.29, 0.717) is 5.69 Å². The molecule has 2 rings (SSSR count). The number of anilines is 1. The van der Waals surface area contributed by atoms with E-state index < -0.39 is 9.84 Å². The van der Waals surface area contributed by atoms with Gasteiger partial charge in [-0.1, -0.05) is 19.1 Å². The first-order valence-corrected chi connectivity index (χ1v) is 9.12. The van der Waals surface area contributed by atoms with Crippen LogP contribution < -0.4 is 10.6 Å². The third kappa shape index (κ3) is 4.46. The lowest BCUT2D eigenvalue weighted by atomic mass is 9.87. The van der Waals surface area contributed by atoms with E-state index in [0.717, 1.165) is 37.9 Å². The van der Waals surface area contributed by atoms with Crippen LogP contribution in [0.25, 0.3) is 0 Å². The fourth-order valence-electron chi connectivity index (χ4n) is 2.64. The molecule has 0 bridgehead atoms. The first kappa shape index (κ1) is 15.8. The number of sulfone groups is 1. The number of amides is 2. The molecular formula is C15H22N2O3S. The highest BCUT2D eigenvalue weighted by Gasteiger charge is 2.20. The molecule has 0 spiro atoms. The zero-order valence-electron chi connectivity index (χ0n) is 12.4. The van der Waals surface area contributed by atoms with Gasteiger partial charge in [-0.15, -0.1) is 0 Å². The highest BCUT2D eigenvalue weighted by atomic mass is 32.2. The molecule has 1 aromatic carbocycles. The molecule has 1 aliphatic rings. The highest BCUT2D eigenvalue weighted by Crippen LogP contribution is 2.24. The van der Waals surface area contributed by atoms with Gasteiger partial charge in [-0.2, -0.15) is 0 Å². The maximum absolute atomic E-state index is 12.0. The molecule has 0 atom stereocenters. The number of benzene rings is 1.